The van der Waals surface area contributed by atoms with E-state index in [0.717, 1.165) is 11.8 Å². The smallest absolute Gasteiger partial charge is 0.159 e. The lowest BCUT2D eigenvalue weighted by atomic mass is 10.1. The van der Waals surface area contributed by atoms with Crippen molar-refractivity contribution in [3.05, 3.63) is 63.9 Å². The molecule has 2 aromatic rings. The van der Waals surface area contributed by atoms with E-state index in [-0.39, 0.29) is 6.04 Å². The molecule has 0 amide bonds. The Morgan fingerprint density at radius 2 is 2.00 bits per heavy atom. The van der Waals surface area contributed by atoms with Gasteiger partial charge in [0.2, 0.25) is 0 Å². The van der Waals surface area contributed by atoms with Gasteiger partial charge in [0.25, 0.3) is 0 Å². The van der Waals surface area contributed by atoms with E-state index in [0.29, 0.717) is 5.56 Å². The minimum absolute atomic E-state index is 0.0631. The summed E-state index contributed by atoms with van der Waals surface area (Å²) in [5, 5.41) is 2.00. The van der Waals surface area contributed by atoms with E-state index in [2.05, 4.69) is 10.9 Å². The molecule has 92 valence electrons. The van der Waals surface area contributed by atoms with E-state index in [9.17, 15) is 8.78 Å². The minimum atomic E-state index is -0.838. The topological polar surface area (TPSA) is 24.1 Å². The normalized spacial score (nSPS) is 18.6. The summed E-state index contributed by atoms with van der Waals surface area (Å²) in [5.74, 6) is -1.67. The van der Waals surface area contributed by atoms with E-state index in [1.807, 2.05) is 23.6 Å². The second kappa shape index (κ2) is 4.51. The summed E-state index contributed by atoms with van der Waals surface area (Å²) in [5.41, 5.74) is 7.46. The largest absolute Gasteiger partial charge is 0.320 e. The van der Waals surface area contributed by atoms with Gasteiger partial charge in [0, 0.05) is 10.4 Å². The Morgan fingerprint density at radius 3 is 2.72 bits per heavy atom. The quantitative estimate of drug-likeness (QED) is 0.870. The molecule has 0 saturated heterocycles. The van der Waals surface area contributed by atoms with E-state index in [1.54, 1.807) is 17.4 Å². The van der Waals surface area contributed by atoms with Crippen molar-refractivity contribution in [3.8, 4) is 0 Å². The molecule has 1 aliphatic rings. The van der Waals surface area contributed by atoms with Crippen molar-refractivity contribution in [2.75, 3.05) is 0 Å². The van der Waals surface area contributed by atoms with Gasteiger partial charge in [0.1, 0.15) is 0 Å². The van der Waals surface area contributed by atoms with E-state index in [1.165, 1.54) is 10.9 Å². The van der Waals surface area contributed by atoms with Gasteiger partial charge in [0.15, 0.2) is 11.6 Å². The molecule has 1 unspecified atom stereocenters. The molecule has 1 atom stereocenters. The highest BCUT2D eigenvalue weighted by atomic mass is 32.1. The molecule has 0 radical (unpaired) electrons. The lowest BCUT2D eigenvalue weighted by Gasteiger charge is -2.06. The van der Waals surface area contributed by atoms with Crippen molar-refractivity contribution in [1.82, 2.24) is 10.9 Å². The highest BCUT2D eigenvalue weighted by Gasteiger charge is 2.18. The van der Waals surface area contributed by atoms with Gasteiger partial charge in [0.05, 0.1) is 11.7 Å². The third kappa shape index (κ3) is 2.02. The predicted molar refractivity (Wildman–Crippen MR) is 67.7 cm³/mol. The zero-order valence-corrected chi connectivity index (χ0v) is 10.1. The molecule has 0 saturated carbocycles. The maximum absolute atomic E-state index is 13.2. The number of hydrogen-bond donors (Lipinski definition) is 2. The van der Waals surface area contributed by atoms with Gasteiger partial charge in [-0.15, -0.1) is 11.3 Å². The van der Waals surface area contributed by atoms with Crippen LogP contribution in [0.15, 0.2) is 41.8 Å². The number of hydrogen-bond acceptors (Lipinski definition) is 3. The lowest BCUT2D eigenvalue weighted by Crippen LogP contribution is -2.25. The van der Waals surface area contributed by atoms with E-state index >= 15 is 0 Å². The van der Waals surface area contributed by atoms with Crippen LogP contribution in [0.5, 0.6) is 0 Å². The summed E-state index contributed by atoms with van der Waals surface area (Å²) in [6, 6.07) is 7.93. The zero-order chi connectivity index (χ0) is 12.5. The summed E-state index contributed by atoms with van der Waals surface area (Å²) in [6.07, 6.45) is 1.96. The molecule has 1 aliphatic heterocycles. The van der Waals surface area contributed by atoms with Gasteiger partial charge in [-0.3, -0.25) is 0 Å². The molecule has 2 N–H and O–H groups in total. The standard InChI is InChI=1S/C13H10F2N2S/c14-9-4-3-8(6-10(9)15)11-7-12(17-16-11)13-2-1-5-18-13/h1-7,12,16-17H. The molecule has 0 spiro atoms. The zero-order valence-electron chi connectivity index (χ0n) is 9.28. The van der Waals surface area contributed by atoms with Crippen molar-refractivity contribution >= 4 is 17.0 Å². The van der Waals surface area contributed by atoms with Crippen LogP contribution in [0, 0.1) is 11.6 Å². The summed E-state index contributed by atoms with van der Waals surface area (Å²) in [7, 11) is 0. The minimum Gasteiger partial charge on any atom is -0.320 e. The van der Waals surface area contributed by atoms with Crippen molar-refractivity contribution in [1.29, 1.82) is 0 Å². The van der Waals surface area contributed by atoms with Gasteiger partial charge < -0.3 is 5.43 Å². The van der Waals surface area contributed by atoms with Crippen LogP contribution in [0.3, 0.4) is 0 Å². The highest BCUT2D eigenvalue weighted by Crippen LogP contribution is 2.27. The first kappa shape index (κ1) is 11.4. The number of hydrazine groups is 1. The molecule has 3 rings (SSSR count). The average Bonchev–Trinajstić information content (AvgIpc) is 3.01. The van der Waals surface area contributed by atoms with Crippen LogP contribution in [0.2, 0.25) is 0 Å². The third-order valence-corrected chi connectivity index (χ3v) is 3.73. The number of benzene rings is 1. The summed E-state index contributed by atoms with van der Waals surface area (Å²) < 4.78 is 26.0. The predicted octanol–water partition coefficient (Wildman–Crippen LogP) is 3.22. The van der Waals surface area contributed by atoms with Gasteiger partial charge >= 0.3 is 0 Å². The van der Waals surface area contributed by atoms with Crippen LogP contribution in [0.25, 0.3) is 5.70 Å². The fourth-order valence-corrected chi connectivity index (χ4v) is 2.60. The van der Waals surface area contributed by atoms with Gasteiger partial charge in [-0.05, 0) is 35.7 Å². The van der Waals surface area contributed by atoms with Gasteiger partial charge in [-0.1, -0.05) is 6.07 Å². The highest BCUT2D eigenvalue weighted by molar-refractivity contribution is 7.10. The molecule has 18 heavy (non-hydrogen) atoms. The Balaban J connectivity index is 1.89. The van der Waals surface area contributed by atoms with Crippen LogP contribution < -0.4 is 10.9 Å². The summed E-state index contributed by atoms with van der Waals surface area (Å²) >= 11 is 1.64. The van der Waals surface area contributed by atoms with Gasteiger partial charge in [-0.25, -0.2) is 14.2 Å². The molecular formula is C13H10F2N2S. The fraction of sp³-hybridized carbons (Fsp3) is 0.0769. The van der Waals surface area contributed by atoms with Crippen LogP contribution in [0.4, 0.5) is 8.78 Å². The van der Waals surface area contributed by atoms with Crippen LogP contribution in [-0.2, 0) is 0 Å². The molecular weight excluding hydrogens is 254 g/mol. The fourth-order valence-electron chi connectivity index (χ4n) is 1.86. The first-order valence-electron chi connectivity index (χ1n) is 5.46. The molecule has 2 nitrogen and oxygen atoms in total. The molecule has 0 fully saturated rings. The number of nitrogens with one attached hydrogen (secondary N) is 2. The Hall–Kier alpha value is -1.72. The second-order valence-electron chi connectivity index (χ2n) is 3.97. The summed E-state index contributed by atoms with van der Waals surface area (Å²) in [4.78, 5) is 1.17. The van der Waals surface area contributed by atoms with E-state index in [4.69, 9.17) is 0 Å². The number of thiophene rings is 1. The molecule has 0 aliphatic carbocycles. The van der Waals surface area contributed by atoms with Crippen LogP contribution in [0.1, 0.15) is 16.5 Å². The Morgan fingerprint density at radius 1 is 1.11 bits per heavy atom. The van der Waals surface area contributed by atoms with Gasteiger partial charge in [-0.2, -0.15) is 0 Å². The van der Waals surface area contributed by atoms with E-state index < -0.39 is 11.6 Å². The van der Waals surface area contributed by atoms with Crippen LogP contribution >= 0.6 is 11.3 Å². The summed E-state index contributed by atoms with van der Waals surface area (Å²) in [6.45, 7) is 0. The van der Waals surface area contributed by atoms with Crippen molar-refractivity contribution < 1.29 is 8.78 Å². The van der Waals surface area contributed by atoms with Crippen molar-refractivity contribution in [3.63, 3.8) is 0 Å². The third-order valence-electron chi connectivity index (χ3n) is 2.78. The Kier molecular flexibility index (Phi) is 2.85. The molecule has 0 bridgehead atoms. The molecule has 1 aromatic heterocycles. The monoisotopic (exact) mass is 264 g/mol. The molecule has 2 heterocycles. The Bertz CT molecular complexity index is 593. The molecule has 1 aromatic carbocycles. The lowest BCUT2D eigenvalue weighted by molar-refractivity contribution is 0.508. The first-order chi connectivity index (χ1) is 8.74. The maximum Gasteiger partial charge on any atom is 0.159 e. The van der Waals surface area contributed by atoms with Crippen LogP contribution in [-0.4, -0.2) is 0 Å². The maximum atomic E-state index is 13.2. The van der Waals surface area contributed by atoms with Crippen molar-refractivity contribution in [2.45, 2.75) is 6.04 Å². The SMILES string of the molecule is Fc1ccc(C2=CC(c3cccs3)NN2)cc1F. The number of rotatable bonds is 2. The second-order valence-corrected chi connectivity index (χ2v) is 4.95. The van der Waals surface area contributed by atoms with Crippen molar-refractivity contribution in [2.24, 2.45) is 0 Å². The molecule has 5 heteroatoms. The number of halogens is 2. The first-order valence-corrected chi connectivity index (χ1v) is 6.34. The average molecular weight is 264 g/mol. The Labute approximate surface area is 107 Å².